The Bertz CT molecular complexity index is 692. The second kappa shape index (κ2) is 7.04. The van der Waals surface area contributed by atoms with Crippen LogP contribution in [0.4, 0.5) is 5.69 Å². The minimum Gasteiger partial charge on any atom is -0.345 e. The Morgan fingerprint density at radius 2 is 2.18 bits per heavy atom. The van der Waals surface area contributed by atoms with Crippen LogP contribution in [0.3, 0.4) is 0 Å². The zero-order valence-electron chi connectivity index (χ0n) is 12.1. The molecule has 7 heteroatoms. The van der Waals surface area contributed by atoms with E-state index in [-0.39, 0.29) is 23.2 Å². The topological polar surface area (TPSA) is 85.1 Å². The fourth-order valence-corrected chi connectivity index (χ4v) is 2.52. The van der Waals surface area contributed by atoms with Crippen LogP contribution in [-0.4, -0.2) is 22.1 Å². The van der Waals surface area contributed by atoms with Gasteiger partial charge in [0.25, 0.3) is 11.6 Å². The van der Waals surface area contributed by atoms with Crippen molar-refractivity contribution in [1.82, 2.24) is 10.3 Å². The van der Waals surface area contributed by atoms with Crippen molar-refractivity contribution in [2.45, 2.75) is 17.9 Å². The zero-order valence-corrected chi connectivity index (χ0v) is 13.0. The summed E-state index contributed by atoms with van der Waals surface area (Å²) in [7, 11) is 0. The van der Waals surface area contributed by atoms with Crippen molar-refractivity contribution in [3.8, 4) is 0 Å². The second-order valence-electron chi connectivity index (χ2n) is 4.63. The highest BCUT2D eigenvalue weighted by molar-refractivity contribution is 7.98. The molecule has 0 aliphatic heterocycles. The van der Waals surface area contributed by atoms with E-state index in [0.717, 1.165) is 5.56 Å². The molecule has 2 aromatic rings. The van der Waals surface area contributed by atoms with Crippen LogP contribution in [-0.2, 0) is 0 Å². The molecule has 2 rings (SSSR count). The lowest BCUT2D eigenvalue weighted by molar-refractivity contribution is -0.387. The third kappa shape index (κ3) is 3.62. The van der Waals surface area contributed by atoms with Crippen molar-refractivity contribution in [2.75, 3.05) is 6.26 Å². The molecule has 0 bridgehead atoms. The smallest absolute Gasteiger partial charge is 0.283 e. The minimum atomic E-state index is -0.479. The van der Waals surface area contributed by atoms with Gasteiger partial charge >= 0.3 is 0 Å². The molecule has 1 heterocycles. The first-order valence-corrected chi connectivity index (χ1v) is 7.78. The van der Waals surface area contributed by atoms with Crippen LogP contribution in [0.5, 0.6) is 0 Å². The van der Waals surface area contributed by atoms with E-state index in [1.54, 1.807) is 36.8 Å². The zero-order chi connectivity index (χ0) is 16.1. The average molecular weight is 317 g/mol. The molecule has 0 saturated heterocycles. The molecule has 6 nitrogen and oxygen atoms in total. The van der Waals surface area contributed by atoms with Gasteiger partial charge in [-0.3, -0.25) is 19.9 Å². The number of nitro groups is 1. The molecule has 0 fully saturated rings. The summed E-state index contributed by atoms with van der Waals surface area (Å²) < 4.78 is 0. The van der Waals surface area contributed by atoms with Crippen molar-refractivity contribution in [3.63, 3.8) is 0 Å². The summed E-state index contributed by atoms with van der Waals surface area (Å²) in [5.74, 6) is -0.355. The van der Waals surface area contributed by atoms with Crippen molar-refractivity contribution in [2.24, 2.45) is 0 Å². The summed E-state index contributed by atoms with van der Waals surface area (Å²) in [6.45, 7) is 1.83. The van der Waals surface area contributed by atoms with E-state index in [0.29, 0.717) is 4.90 Å². The second-order valence-corrected chi connectivity index (χ2v) is 5.47. The number of hydrogen-bond acceptors (Lipinski definition) is 5. The third-order valence-corrected chi connectivity index (χ3v) is 3.95. The molecule has 1 N–H and O–H groups in total. The number of rotatable bonds is 5. The predicted molar refractivity (Wildman–Crippen MR) is 85.0 cm³/mol. The third-order valence-electron chi connectivity index (χ3n) is 3.17. The molecule has 0 radical (unpaired) electrons. The number of thioether (sulfide) groups is 1. The first kappa shape index (κ1) is 16.0. The van der Waals surface area contributed by atoms with Gasteiger partial charge in [-0.15, -0.1) is 11.8 Å². The summed E-state index contributed by atoms with van der Waals surface area (Å²) in [5.41, 5.74) is 1.07. The average Bonchev–Trinajstić information content (AvgIpc) is 2.54. The van der Waals surface area contributed by atoms with Gasteiger partial charge in [0.2, 0.25) is 0 Å². The molecule has 0 saturated carbocycles. The molecule has 0 spiro atoms. The molecular weight excluding hydrogens is 302 g/mol. The standard InChI is InChI=1S/C15H15N3O3S/c1-10(12-4-3-7-16-9-12)17-15(19)11-5-6-14(22-2)13(8-11)18(20)21/h3-10H,1-2H3,(H,17,19)/t10-/m1/s1. The van der Waals surface area contributed by atoms with E-state index in [9.17, 15) is 14.9 Å². The molecule has 1 atom stereocenters. The number of nitrogens with zero attached hydrogens (tertiary/aromatic N) is 2. The van der Waals surface area contributed by atoms with Crippen LogP contribution >= 0.6 is 11.8 Å². The number of nitro benzene ring substituents is 1. The van der Waals surface area contributed by atoms with Gasteiger partial charge < -0.3 is 5.32 Å². The summed E-state index contributed by atoms with van der Waals surface area (Å²) in [5, 5.41) is 13.9. The van der Waals surface area contributed by atoms with Gasteiger partial charge in [0, 0.05) is 24.0 Å². The first-order chi connectivity index (χ1) is 10.5. The normalized spacial score (nSPS) is 11.7. The van der Waals surface area contributed by atoms with Crippen molar-refractivity contribution < 1.29 is 9.72 Å². The molecule has 22 heavy (non-hydrogen) atoms. The van der Waals surface area contributed by atoms with Crippen LogP contribution in [0, 0.1) is 10.1 Å². The van der Waals surface area contributed by atoms with Gasteiger partial charge in [0.15, 0.2) is 0 Å². The van der Waals surface area contributed by atoms with E-state index in [2.05, 4.69) is 10.3 Å². The van der Waals surface area contributed by atoms with E-state index < -0.39 is 4.92 Å². The Balaban J connectivity index is 2.19. The Labute approximate surface area is 132 Å². The molecule has 1 amide bonds. The lowest BCUT2D eigenvalue weighted by Gasteiger charge is -2.14. The van der Waals surface area contributed by atoms with E-state index in [1.165, 1.54) is 17.8 Å². The van der Waals surface area contributed by atoms with Crippen LogP contribution < -0.4 is 5.32 Å². The Morgan fingerprint density at radius 1 is 1.41 bits per heavy atom. The van der Waals surface area contributed by atoms with Gasteiger partial charge in [0.1, 0.15) is 0 Å². The monoisotopic (exact) mass is 317 g/mol. The largest absolute Gasteiger partial charge is 0.345 e. The molecular formula is C15H15N3O3S. The van der Waals surface area contributed by atoms with Gasteiger partial charge in [-0.25, -0.2) is 0 Å². The van der Waals surface area contributed by atoms with Crippen molar-refractivity contribution >= 4 is 23.4 Å². The van der Waals surface area contributed by atoms with Crippen molar-refractivity contribution in [3.05, 3.63) is 64.0 Å². The van der Waals surface area contributed by atoms with Crippen LogP contribution in [0.25, 0.3) is 0 Å². The molecule has 0 unspecified atom stereocenters. The van der Waals surface area contributed by atoms with E-state index in [1.807, 2.05) is 13.0 Å². The van der Waals surface area contributed by atoms with E-state index in [4.69, 9.17) is 0 Å². The SMILES string of the molecule is CSc1ccc(C(=O)N[C@H](C)c2cccnc2)cc1[N+](=O)[O-]. The maximum absolute atomic E-state index is 12.2. The number of carbonyl (C=O) groups is 1. The first-order valence-electron chi connectivity index (χ1n) is 6.56. The molecule has 0 aliphatic carbocycles. The highest BCUT2D eigenvalue weighted by atomic mass is 32.2. The van der Waals surface area contributed by atoms with Gasteiger partial charge in [-0.05, 0) is 36.9 Å². The number of amides is 1. The van der Waals surface area contributed by atoms with Crippen molar-refractivity contribution in [1.29, 1.82) is 0 Å². The summed E-state index contributed by atoms with van der Waals surface area (Å²) in [4.78, 5) is 27.3. The quantitative estimate of drug-likeness (QED) is 0.520. The Morgan fingerprint density at radius 3 is 2.77 bits per heavy atom. The van der Waals surface area contributed by atoms with Crippen LogP contribution in [0.1, 0.15) is 28.9 Å². The fraction of sp³-hybridized carbons (Fsp3) is 0.200. The molecule has 1 aromatic heterocycles. The number of benzene rings is 1. The van der Waals surface area contributed by atoms with E-state index >= 15 is 0 Å². The summed E-state index contributed by atoms with van der Waals surface area (Å²) in [6.07, 6.45) is 5.08. The number of pyridine rings is 1. The summed E-state index contributed by atoms with van der Waals surface area (Å²) >= 11 is 1.27. The highest BCUT2D eigenvalue weighted by Gasteiger charge is 2.18. The molecule has 0 aliphatic rings. The minimum absolute atomic E-state index is 0.0609. The van der Waals surface area contributed by atoms with Gasteiger partial charge in [0.05, 0.1) is 15.9 Å². The molecule has 1 aromatic carbocycles. The Hall–Kier alpha value is -2.41. The number of nitrogens with one attached hydrogen (secondary N) is 1. The Kier molecular flexibility index (Phi) is 5.11. The van der Waals surface area contributed by atoms with Crippen LogP contribution in [0.15, 0.2) is 47.6 Å². The van der Waals surface area contributed by atoms with Gasteiger partial charge in [-0.2, -0.15) is 0 Å². The maximum atomic E-state index is 12.2. The lowest BCUT2D eigenvalue weighted by Crippen LogP contribution is -2.26. The number of hydrogen-bond donors (Lipinski definition) is 1. The van der Waals surface area contributed by atoms with Crippen LogP contribution in [0.2, 0.25) is 0 Å². The van der Waals surface area contributed by atoms with Gasteiger partial charge in [-0.1, -0.05) is 6.07 Å². The summed E-state index contributed by atoms with van der Waals surface area (Å²) in [6, 6.07) is 7.89. The highest BCUT2D eigenvalue weighted by Crippen LogP contribution is 2.28. The predicted octanol–water partition coefficient (Wildman–Crippen LogP) is 3.20. The number of carbonyl (C=O) groups excluding carboxylic acids is 1. The lowest BCUT2D eigenvalue weighted by atomic mass is 10.1. The molecule has 114 valence electrons. The maximum Gasteiger partial charge on any atom is 0.283 e. The fourth-order valence-electron chi connectivity index (χ4n) is 1.97. The number of aromatic nitrogens is 1.